The predicted molar refractivity (Wildman–Crippen MR) is 48.7 cm³/mol. The molecule has 0 aliphatic carbocycles. The maximum Gasteiger partial charge on any atom is 1.00 e. The molecule has 0 aromatic heterocycles. The number of hydrogen-bond acceptors (Lipinski definition) is 5. The molecule has 0 saturated heterocycles. The maximum absolute atomic E-state index is 10.5. The smallest absolute Gasteiger partial charge is 0.768 e. The SMILES string of the molecule is O=C([O-])CCOc1ccc(S(=O)[O-])cc1.[Na+].[Na+]. The molecule has 1 aromatic carbocycles. The van der Waals surface area contributed by atoms with Gasteiger partial charge in [0.15, 0.2) is 0 Å². The van der Waals surface area contributed by atoms with E-state index >= 15 is 0 Å². The summed E-state index contributed by atoms with van der Waals surface area (Å²) in [7, 11) is 0. The number of aliphatic carboxylic acids is 1. The molecule has 1 rings (SSSR count). The van der Waals surface area contributed by atoms with Gasteiger partial charge in [-0.3, -0.25) is 4.21 Å². The van der Waals surface area contributed by atoms with E-state index in [1.54, 1.807) is 0 Å². The molecule has 0 N–H and O–H groups in total. The van der Waals surface area contributed by atoms with Crippen LogP contribution in [0, 0.1) is 0 Å². The summed E-state index contributed by atoms with van der Waals surface area (Å²) in [5.74, 6) is -0.766. The molecule has 0 aliphatic heterocycles. The standard InChI is InChI=1S/C9H10O5S.2Na/c10-9(11)5-6-14-7-1-3-8(4-2-7)15(12)13;;/h1-4H,5-6H2,(H,10,11)(H,12,13);;/q;2*+1/p-2. The van der Waals surface area contributed by atoms with E-state index < -0.39 is 17.0 Å². The van der Waals surface area contributed by atoms with Gasteiger partial charge in [-0.15, -0.1) is 0 Å². The van der Waals surface area contributed by atoms with Gasteiger partial charge in [0.05, 0.1) is 6.61 Å². The fourth-order valence-electron chi connectivity index (χ4n) is 0.899. The van der Waals surface area contributed by atoms with Crippen molar-refractivity contribution in [3.05, 3.63) is 24.3 Å². The van der Waals surface area contributed by atoms with Gasteiger partial charge in [-0.2, -0.15) is 0 Å². The molecule has 0 fully saturated rings. The van der Waals surface area contributed by atoms with Crippen molar-refractivity contribution in [2.24, 2.45) is 0 Å². The van der Waals surface area contributed by atoms with Crippen LogP contribution in [0.5, 0.6) is 5.75 Å². The maximum atomic E-state index is 10.5. The third-order valence-electron chi connectivity index (χ3n) is 1.59. The third-order valence-corrected chi connectivity index (χ3v) is 2.25. The largest absolute Gasteiger partial charge is 1.00 e. The summed E-state index contributed by atoms with van der Waals surface area (Å²) in [5, 5.41) is 10.1. The van der Waals surface area contributed by atoms with Crippen molar-refractivity contribution in [2.75, 3.05) is 6.61 Å². The second kappa shape index (κ2) is 10.5. The number of carboxylic acids is 1. The van der Waals surface area contributed by atoms with Crippen molar-refractivity contribution >= 4 is 17.0 Å². The van der Waals surface area contributed by atoms with Crippen LogP contribution in [0.3, 0.4) is 0 Å². The van der Waals surface area contributed by atoms with Gasteiger partial charge >= 0.3 is 59.1 Å². The Balaban J connectivity index is 0. The van der Waals surface area contributed by atoms with Crippen molar-refractivity contribution in [3.63, 3.8) is 0 Å². The fourth-order valence-corrected chi connectivity index (χ4v) is 1.26. The Kier molecular flexibility index (Phi) is 12.3. The minimum Gasteiger partial charge on any atom is -0.768 e. The second-order valence-corrected chi connectivity index (χ2v) is 3.62. The van der Waals surface area contributed by atoms with E-state index in [2.05, 4.69) is 0 Å². The molecule has 5 nitrogen and oxygen atoms in total. The molecule has 0 radical (unpaired) electrons. The first-order valence-corrected chi connectivity index (χ1v) is 5.19. The number of hydrogen-bond donors (Lipinski definition) is 0. The van der Waals surface area contributed by atoms with Crippen LogP contribution in [0.4, 0.5) is 0 Å². The molecule has 82 valence electrons. The van der Waals surface area contributed by atoms with E-state index in [0.29, 0.717) is 5.75 Å². The average molecular weight is 274 g/mol. The molecule has 0 saturated carbocycles. The van der Waals surface area contributed by atoms with Gasteiger partial charge in [0.1, 0.15) is 5.75 Å². The molecule has 0 bridgehead atoms. The Morgan fingerprint density at radius 2 is 1.76 bits per heavy atom. The van der Waals surface area contributed by atoms with Crippen LogP contribution < -0.4 is 69.0 Å². The quantitative estimate of drug-likeness (QED) is 0.393. The van der Waals surface area contributed by atoms with Crippen LogP contribution >= 0.6 is 0 Å². The second-order valence-electron chi connectivity index (χ2n) is 2.68. The minimum atomic E-state index is -2.26. The van der Waals surface area contributed by atoms with Crippen LogP contribution in [0.15, 0.2) is 29.2 Å². The van der Waals surface area contributed by atoms with Crippen molar-refractivity contribution < 1.29 is 82.5 Å². The molecular weight excluding hydrogens is 266 g/mol. The molecule has 0 spiro atoms. The van der Waals surface area contributed by atoms with Gasteiger partial charge in [0.2, 0.25) is 0 Å². The number of carboxylic acid groups (broad SMARTS) is 1. The normalized spacial score (nSPS) is 10.6. The molecule has 0 amide bonds. The number of carbonyl (C=O) groups excluding carboxylic acids is 1. The van der Waals surface area contributed by atoms with E-state index in [0.717, 1.165) is 0 Å². The van der Waals surface area contributed by atoms with E-state index in [1.165, 1.54) is 24.3 Å². The summed E-state index contributed by atoms with van der Waals surface area (Å²) in [6.45, 7) is 0.00213. The van der Waals surface area contributed by atoms with Gasteiger partial charge in [0.25, 0.3) is 0 Å². The molecule has 1 unspecified atom stereocenters. The van der Waals surface area contributed by atoms with Gasteiger partial charge in [-0.1, -0.05) is 0 Å². The first kappa shape index (κ1) is 19.9. The summed E-state index contributed by atoms with van der Waals surface area (Å²) < 4.78 is 26.0. The van der Waals surface area contributed by atoms with Crippen LogP contribution in [0.25, 0.3) is 0 Å². The molecule has 1 aromatic rings. The number of benzene rings is 1. The minimum absolute atomic E-state index is 0. The summed E-state index contributed by atoms with van der Waals surface area (Å²) in [6.07, 6.45) is -0.199. The Morgan fingerprint density at radius 1 is 1.24 bits per heavy atom. The number of rotatable bonds is 5. The number of ether oxygens (including phenoxy) is 1. The molecule has 0 aliphatic rings. The summed E-state index contributed by atoms with van der Waals surface area (Å²) in [6, 6.07) is 5.66. The Labute approximate surface area is 146 Å². The van der Waals surface area contributed by atoms with E-state index in [4.69, 9.17) is 4.74 Å². The Morgan fingerprint density at radius 3 is 2.18 bits per heavy atom. The molecule has 0 heterocycles. The van der Waals surface area contributed by atoms with Crippen molar-refractivity contribution in [1.29, 1.82) is 0 Å². The molecular formula is C9H8Na2O5S. The Hall–Kier alpha value is 0.600. The average Bonchev–Trinajstić information content (AvgIpc) is 2.18. The van der Waals surface area contributed by atoms with Crippen molar-refractivity contribution in [2.45, 2.75) is 11.3 Å². The van der Waals surface area contributed by atoms with Gasteiger partial charge in [-0.25, -0.2) is 0 Å². The number of carbonyl (C=O) groups is 1. The summed E-state index contributed by atoms with van der Waals surface area (Å²) >= 11 is -2.26. The van der Waals surface area contributed by atoms with E-state index in [9.17, 15) is 18.7 Å². The first-order valence-electron chi connectivity index (χ1n) is 4.11. The third kappa shape index (κ3) is 8.34. The molecule has 17 heavy (non-hydrogen) atoms. The van der Waals surface area contributed by atoms with Crippen LogP contribution in [-0.2, 0) is 15.9 Å². The van der Waals surface area contributed by atoms with Gasteiger partial charge < -0.3 is 19.2 Å². The van der Waals surface area contributed by atoms with Crippen LogP contribution in [0.1, 0.15) is 6.42 Å². The Bertz CT molecular complexity index is 368. The zero-order chi connectivity index (χ0) is 11.3. The van der Waals surface area contributed by atoms with Crippen molar-refractivity contribution in [3.8, 4) is 5.75 Å². The zero-order valence-electron chi connectivity index (χ0n) is 9.67. The van der Waals surface area contributed by atoms with Crippen molar-refractivity contribution in [1.82, 2.24) is 0 Å². The predicted octanol–water partition coefficient (Wildman–Crippen LogP) is -6.55. The molecule has 1 atom stereocenters. The first-order chi connectivity index (χ1) is 7.09. The van der Waals surface area contributed by atoms with Crippen LogP contribution in [0.2, 0.25) is 0 Å². The van der Waals surface area contributed by atoms with Crippen LogP contribution in [-0.4, -0.2) is 21.3 Å². The zero-order valence-corrected chi connectivity index (χ0v) is 14.5. The topological polar surface area (TPSA) is 89.5 Å². The monoisotopic (exact) mass is 274 g/mol. The van der Waals surface area contributed by atoms with E-state index in [-0.39, 0.29) is 77.0 Å². The van der Waals surface area contributed by atoms with E-state index in [1.807, 2.05) is 0 Å². The fraction of sp³-hybridized carbons (Fsp3) is 0.222. The van der Waals surface area contributed by atoms with Gasteiger partial charge in [0, 0.05) is 17.3 Å². The summed E-state index contributed by atoms with van der Waals surface area (Å²) in [5.41, 5.74) is 0. The summed E-state index contributed by atoms with van der Waals surface area (Å²) in [4.78, 5) is 10.2. The molecule has 8 heteroatoms. The van der Waals surface area contributed by atoms with Gasteiger partial charge in [-0.05, 0) is 35.3 Å².